The first kappa shape index (κ1) is 12.4. The highest BCUT2D eigenvalue weighted by Gasteiger charge is 2.15. The van der Waals surface area contributed by atoms with Crippen molar-refractivity contribution in [3.05, 3.63) is 47.3 Å². The van der Waals surface area contributed by atoms with Gasteiger partial charge in [0, 0.05) is 7.05 Å². The fourth-order valence-electron chi connectivity index (χ4n) is 1.95. The maximum absolute atomic E-state index is 11.7. The zero-order valence-corrected chi connectivity index (χ0v) is 10.9. The lowest BCUT2D eigenvalue weighted by molar-refractivity contribution is 0.0962. The van der Waals surface area contributed by atoms with Gasteiger partial charge in [0.05, 0.1) is 23.1 Å². The average molecular weight is 243 g/mol. The van der Waals surface area contributed by atoms with E-state index in [1.165, 1.54) is 5.56 Å². The molecule has 1 heterocycles. The highest BCUT2D eigenvalue weighted by Crippen LogP contribution is 2.16. The standard InChI is InChI=1S/C14H17N3O/c1-4-13-12(14(18)15-3)9-16-17(13)11-7-5-10(2)6-8-11/h5-9H,4H2,1-3H3,(H,15,18). The molecule has 1 N–H and O–H groups in total. The van der Waals surface area contributed by atoms with Crippen LogP contribution in [0.1, 0.15) is 28.5 Å². The van der Waals surface area contributed by atoms with Gasteiger partial charge in [-0.3, -0.25) is 4.79 Å². The molecule has 0 unspecified atom stereocenters. The topological polar surface area (TPSA) is 46.9 Å². The molecule has 0 aliphatic carbocycles. The van der Waals surface area contributed by atoms with Crippen LogP contribution in [0.4, 0.5) is 0 Å². The van der Waals surface area contributed by atoms with Gasteiger partial charge in [-0.2, -0.15) is 5.10 Å². The van der Waals surface area contributed by atoms with Crippen molar-refractivity contribution in [1.82, 2.24) is 15.1 Å². The normalized spacial score (nSPS) is 10.4. The van der Waals surface area contributed by atoms with Gasteiger partial charge in [0.15, 0.2) is 0 Å². The number of benzene rings is 1. The Morgan fingerprint density at radius 3 is 2.56 bits per heavy atom. The van der Waals surface area contributed by atoms with Crippen LogP contribution in [0.5, 0.6) is 0 Å². The molecule has 0 saturated carbocycles. The molecule has 0 spiro atoms. The summed E-state index contributed by atoms with van der Waals surface area (Å²) in [4.78, 5) is 11.7. The third kappa shape index (κ3) is 2.14. The van der Waals surface area contributed by atoms with Gasteiger partial charge >= 0.3 is 0 Å². The van der Waals surface area contributed by atoms with Gasteiger partial charge in [-0.25, -0.2) is 4.68 Å². The second-order valence-corrected chi connectivity index (χ2v) is 4.18. The number of hydrogen-bond acceptors (Lipinski definition) is 2. The molecular formula is C14H17N3O. The van der Waals surface area contributed by atoms with E-state index < -0.39 is 0 Å². The molecule has 1 aromatic carbocycles. The van der Waals surface area contributed by atoms with Gasteiger partial charge in [-0.15, -0.1) is 0 Å². The zero-order valence-electron chi connectivity index (χ0n) is 10.9. The number of nitrogens with zero attached hydrogens (tertiary/aromatic N) is 2. The van der Waals surface area contributed by atoms with Crippen molar-refractivity contribution in [3.63, 3.8) is 0 Å². The molecule has 0 radical (unpaired) electrons. The Kier molecular flexibility index (Phi) is 3.46. The van der Waals surface area contributed by atoms with E-state index in [4.69, 9.17) is 0 Å². The van der Waals surface area contributed by atoms with Crippen molar-refractivity contribution in [2.75, 3.05) is 7.05 Å². The second-order valence-electron chi connectivity index (χ2n) is 4.18. The molecule has 0 saturated heterocycles. The minimum absolute atomic E-state index is 0.0924. The molecule has 18 heavy (non-hydrogen) atoms. The molecular weight excluding hydrogens is 226 g/mol. The lowest BCUT2D eigenvalue weighted by atomic mass is 10.2. The Balaban J connectivity index is 2.48. The lowest BCUT2D eigenvalue weighted by Gasteiger charge is -2.07. The first-order chi connectivity index (χ1) is 8.67. The van der Waals surface area contributed by atoms with E-state index in [1.807, 2.05) is 42.8 Å². The number of aryl methyl sites for hydroxylation is 1. The van der Waals surface area contributed by atoms with E-state index in [-0.39, 0.29) is 5.91 Å². The molecule has 0 fully saturated rings. The average Bonchev–Trinajstić information content (AvgIpc) is 2.82. The van der Waals surface area contributed by atoms with Gasteiger partial charge in [0.1, 0.15) is 0 Å². The van der Waals surface area contributed by atoms with Crippen LogP contribution in [0, 0.1) is 6.92 Å². The summed E-state index contributed by atoms with van der Waals surface area (Å²) < 4.78 is 1.82. The van der Waals surface area contributed by atoms with Gasteiger partial charge in [-0.1, -0.05) is 24.6 Å². The summed E-state index contributed by atoms with van der Waals surface area (Å²) in [5.74, 6) is -0.0924. The molecule has 0 aliphatic heterocycles. The third-order valence-corrected chi connectivity index (χ3v) is 2.95. The maximum atomic E-state index is 11.7. The van der Waals surface area contributed by atoms with Crippen LogP contribution in [-0.4, -0.2) is 22.7 Å². The fourth-order valence-corrected chi connectivity index (χ4v) is 1.95. The Morgan fingerprint density at radius 1 is 1.33 bits per heavy atom. The molecule has 2 aromatic rings. The van der Waals surface area contributed by atoms with E-state index in [0.29, 0.717) is 5.56 Å². The second kappa shape index (κ2) is 5.04. The highest BCUT2D eigenvalue weighted by atomic mass is 16.1. The zero-order chi connectivity index (χ0) is 13.1. The molecule has 0 bridgehead atoms. The number of rotatable bonds is 3. The molecule has 2 rings (SSSR count). The van der Waals surface area contributed by atoms with Crippen molar-refractivity contribution >= 4 is 5.91 Å². The largest absolute Gasteiger partial charge is 0.355 e. The fraction of sp³-hybridized carbons (Fsp3) is 0.286. The Labute approximate surface area is 107 Å². The van der Waals surface area contributed by atoms with Crippen molar-refractivity contribution in [1.29, 1.82) is 0 Å². The van der Waals surface area contributed by atoms with Crippen molar-refractivity contribution < 1.29 is 4.79 Å². The van der Waals surface area contributed by atoms with Crippen molar-refractivity contribution in [2.45, 2.75) is 20.3 Å². The lowest BCUT2D eigenvalue weighted by Crippen LogP contribution is -2.19. The predicted octanol–water partition coefficient (Wildman–Crippen LogP) is 2.10. The number of amides is 1. The van der Waals surface area contributed by atoms with E-state index >= 15 is 0 Å². The highest BCUT2D eigenvalue weighted by molar-refractivity contribution is 5.95. The number of hydrogen-bond donors (Lipinski definition) is 1. The Bertz CT molecular complexity index is 555. The number of nitrogens with one attached hydrogen (secondary N) is 1. The molecule has 4 heteroatoms. The molecule has 0 aliphatic rings. The molecule has 1 amide bonds. The Hall–Kier alpha value is -2.10. The smallest absolute Gasteiger partial charge is 0.254 e. The first-order valence-electron chi connectivity index (χ1n) is 6.03. The molecule has 4 nitrogen and oxygen atoms in total. The minimum Gasteiger partial charge on any atom is -0.355 e. The predicted molar refractivity (Wildman–Crippen MR) is 71.1 cm³/mol. The molecule has 0 atom stereocenters. The van der Waals surface area contributed by atoms with Crippen LogP contribution < -0.4 is 5.32 Å². The van der Waals surface area contributed by atoms with Crippen LogP contribution >= 0.6 is 0 Å². The summed E-state index contributed by atoms with van der Waals surface area (Å²) in [6, 6.07) is 8.09. The first-order valence-corrected chi connectivity index (χ1v) is 6.03. The molecule has 94 valence electrons. The van der Waals surface area contributed by atoms with Crippen molar-refractivity contribution in [2.24, 2.45) is 0 Å². The molecule has 1 aromatic heterocycles. The van der Waals surface area contributed by atoms with Gasteiger partial charge < -0.3 is 5.32 Å². The quantitative estimate of drug-likeness (QED) is 0.897. The van der Waals surface area contributed by atoms with Gasteiger partial charge in [-0.05, 0) is 25.5 Å². The van der Waals surface area contributed by atoms with Crippen LogP contribution in [-0.2, 0) is 6.42 Å². The monoisotopic (exact) mass is 243 g/mol. The summed E-state index contributed by atoms with van der Waals surface area (Å²) in [5.41, 5.74) is 3.75. The van der Waals surface area contributed by atoms with E-state index in [0.717, 1.165) is 17.8 Å². The summed E-state index contributed by atoms with van der Waals surface area (Å²) in [5, 5.41) is 6.95. The van der Waals surface area contributed by atoms with Gasteiger partial charge in [0.25, 0.3) is 5.91 Å². The van der Waals surface area contributed by atoms with Crippen LogP contribution in [0.25, 0.3) is 5.69 Å². The SMILES string of the molecule is CCc1c(C(=O)NC)cnn1-c1ccc(C)cc1. The number of aromatic nitrogens is 2. The number of carbonyl (C=O) groups excluding carboxylic acids is 1. The summed E-state index contributed by atoms with van der Waals surface area (Å²) in [7, 11) is 1.63. The maximum Gasteiger partial charge on any atom is 0.254 e. The van der Waals surface area contributed by atoms with Gasteiger partial charge in [0.2, 0.25) is 0 Å². The third-order valence-electron chi connectivity index (χ3n) is 2.95. The van der Waals surface area contributed by atoms with E-state index in [1.54, 1.807) is 13.2 Å². The van der Waals surface area contributed by atoms with Crippen LogP contribution in [0.15, 0.2) is 30.5 Å². The van der Waals surface area contributed by atoms with E-state index in [2.05, 4.69) is 10.4 Å². The van der Waals surface area contributed by atoms with Crippen molar-refractivity contribution in [3.8, 4) is 5.69 Å². The van der Waals surface area contributed by atoms with Crippen LogP contribution in [0.3, 0.4) is 0 Å². The number of carbonyl (C=O) groups is 1. The minimum atomic E-state index is -0.0924. The Morgan fingerprint density at radius 2 is 2.00 bits per heavy atom. The summed E-state index contributed by atoms with van der Waals surface area (Å²) in [6.07, 6.45) is 2.38. The van der Waals surface area contributed by atoms with E-state index in [9.17, 15) is 4.79 Å². The summed E-state index contributed by atoms with van der Waals surface area (Å²) >= 11 is 0. The summed E-state index contributed by atoms with van der Waals surface area (Å²) in [6.45, 7) is 4.07. The van der Waals surface area contributed by atoms with Crippen LogP contribution in [0.2, 0.25) is 0 Å².